The van der Waals surface area contributed by atoms with Gasteiger partial charge in [0.2, 0.25) is 5.91 Å². The van der Waals surface area contributed by atoms with Crippen LogP contribution in [0, 0.1) is 0 Å². The quantitative estimate of drug-likeness (QED) is 0.733. The lowest BCUT2D eigenvalue weighted by atomic mass is 10.2. The lowest BCUT2D eigenvalue weighted by Gasteiger charge is -2.34. The molecule has 1 heterocycles. The third-order valence-corrected chi connectivity index (χ3v) is 3.68. The first-order valence-electron chi connectivity index (χ1n) is 6.71. The highest BCUT2D eigenvalue weighted by Crippen LogP contribution is 2.17. The Morgan fingerprint density at radius 3 is 2.45 bits per heavy atom. The molecule has 0 radical (unpaired) electrons. The number of hydrogen-bond acceptors (Lipinski definition) is 6. The lowest BCUT2D eigenvalue weighted by Crippen LogP contribution is -2.50. The highest BCUT2D eigenvalue weighted by atomic mass is 32.3. The Bertz CT molecular complexity index is 620. The summed E-state index contributed by atoms with van der Waals surface area (Å²) in [5, 5.41) is 8.86. The molecule has 0 aromatic heterocycles. The van der Waals surface area contributed by atoms with Crippen molar-refractivity contribution < 1.29 is 26.4 Å². The van der Waals surface area contributed by atoms with E-state index in [9.17, 15) is 17.1 Å². The maximum Gasteiger partial charge on any atom is 0.488 e. The second kappa shape index (κ2) is 7.03. The Hall–Kier alpha value is -1.71. The number of hydrogen-bond donors (Lipinski definition) is 1. The summed E-state index contributed by atoms with van der Waals surface area (Å²) in [6.45, 7) is 2.31. The Morgan fingerprint density at radius 1 is 1.23 bits per heavy atom. The van der Waals surface area contributed by atoms with Crippen LogP contribution in [0.1, 0.15) is 5.56 Å². The summed E-state index contributed by atoms with van der Waals surface area (Å²) < 4.78 is 37.2. The Labute approximate surface area is 128 Å². The van der Waals surface area contributed by atoms with E-state index in [-0.39, 0.29) is 24.8 Å². The van der Waals surface area contributed by atoms with Crippen molar-refractivity contribution in [2.24, 2.45) is 0 Å². The van der Waals surface area contributed by atoms with Crippen LogP contribution in [0.4, 0.5) is 3.89 Å². The van der Waals surface area contributed by atoms with Crippen molar-refractivity contribution >= 4 is 16.4 Å². The molecular formula is C13H17FN2O5S. The van der Waals surface area contributed by atoms with Gasteiger partial charge in [0.05, 0.1) is 13.2 Å². The van der Waals surface area contributed by atoms with E-state index in [1.165, 1.54) is 12.1 Å². The molecule has 1 fully saturated rings. The van der Waals surface area contributed by atoms with Gasteiger partial charge in [-0.2, -0.15) is 8.42 Å². The van der Waals surface area contributed by atoms with Gasteiger partial charge in [0.1, 0.15) is 5.75 Å². The molecule has 0 atom stereocenters. The molecule has 1 amide bonds. The van der Waals surface area contributed by atoms with Crippen molar-refractivity contribution in [1.29, 1.82) is 0 Å². The largest absolute Gasteiger partial charge is 0.488 e. The van der Waals surface area contributed by atoms with Crippen molar-refractivity contribution in [3.8, 4) is 5.75 Å². The van der Waals surface area contributed by atoms with E-state index in [0.29, 0.717) is 26.2 Å². The molecular weight excluding hydrogens is 315 g/mol. The number of carbonyl (C=O) groups excluding carboxylic acids is 1. The first kappa shape index (κ1) is 16.7. The van der Waals surface area contributed by atoms with E-state index in [0.717, 1.165) is 5.56 Å². The number of β-amino-alcohol motifs (C(OH)–C–C–N with tert-alkyl or cyclic N) is 1. The van der Waals surface area contributed by atoms with E-state index in [1.807, 2.05) is 4.90 Å². The van der Waals surface area contributed by atoms with Crippen LogP contribution in [0.3, 0.4) is 0 Å². The maximum absolute atomic E-state index is 12.4. The minimum Gasteiger partial charge on any atom is -0.395 e. The number of aliphatic hydroxyl groups excluding tert-OH is 1. The van der Waals surface area contributed by atoms with Gasteiger partial charge in [-0.15, -0.1) is 0 Å². The molecule has 1 aromatic rings. The van der Waals surface area contributed by atoms with E-state index < -0.39 is 10.5 Å². The molecule has 2 rings (SSSR count). The first-order chi connectivity index (χ1) is 10.4. The normalized spacial score (nSPS) is 16.8. The van der Waals surface area contributed by atoms with Crippen LogP contribution in [0.5, 0.6) is 5.75 Å². The molecule has 0 unspecified atom stereocenters. The van der Waals surface area contributed by atoms with Crippen molar-refractivity contribution in [3.63, 3.8) is 0 Å². The van der Waals surface area contributed by atoms with Gasteiger partial charge in [-0.1, -0.05) is 16.0 Å². The fraction of sp³-hybridized carbons (Fsp3) is 0.462. The molecule has 1 aromatic carbocycles. The number of halogens is 1. The van der Waals surface area contributed by atoms with Gasteiger partial charge >= 0.3 is 10.5 Å². The van der Waals surface area contributed by atoms with Crippen LogP contribution in [-0.4, -0.2) is 62.0 Å². The molecule has 0 spiro atoms. The molecule has 22 heavy (non-hydrogen) atoms. The van der Waals surface area contributed by atoms with Gasteiger partial charge < -0.3 is 14.2 Å². The molecule has 122 valence electrons. The average molecular weight is 332 g/mol. The molecule has 1 N–H and O–H groups in total. The molecule has 1 aliphatic heterocycles. The summed E-state index contributed by atoms with van der Waals surface area (Å²) in [7, 11) is -5.02. The molecule has 0 aliphatic carbocycles. The second-order valence-electron chi connectivity index (χ2n) is 4.94. The van der Waals surface area contributed by atoms with Crippen LogP contribution in [-0.2, 0) is 21.8 Å². The Kier molecular flexibility index (Phi) is 5.33. The van der Waals surface area contributed by atoms with E-state index in [4.69, 9.17) is 5.11 Å². The number of rotatable bonds is 6. The zero-order chi connectivity index (χ0) is 16.2. The van der Waals surface area contributed by atoms with Crippen molar-refractivity contribution in [2.45, 2.75) is 6.54 Å². The summed E-state index contributed by atoms with van der Waals surface area (Å²) in [5.41, 5.74) is 0.854. The zero-order valence-electron chi connectivity index (χ0n) is 11.8. The summed E-state index contributed by atoms with van der Waals surface area (Å²) in [5.74, 6) is -0.140. The fourth-order valence-electron chi connectivity index (χ4n) is 2.27. The van der Waals surface area contributed by atoms with Crippen molar-refractivity contribution in [3.05, 3.63) is 29.8 Å². The van der Waals surface area contributed by atoms with E-state index >= 15 is 0 Å². The summed E-state index contributed by atoms with van der Waals surface area (Å²) >= 11 is 0. The van der Waals surface area contributed by atoms with Gasteiger partial charge in [-0.05, 0) is 17.7 Å². The SMILES string of the molecule is O=C1CN(Cc2ccc(OS(=O)(=O)F)cc2)CCN1CCO. The topological polar surface area (TPSA) is 87.2 Å². The summed E-state index contributed by atoms with van der Waals surface area (Å²) in [6.07, 6.45) is 0. The van der Waals surface area contributed by atoms with Gasteiger partial charge in [-0.3, -0.25) is 9.69 Å². The van der Waals surface area contributed by atoms with Gasteiger partial charge in [-0.25, -0.2) is 0 Å². The standard InChI is InChI=1S/C13H17FN2O5S/c14-22(19,20)21-12-3-1-11(2-4-12)9-15-5-6-16(7-8-17)13(18)10-15/h1-4,17H,5-10H2. The predicted octanol–water partition coefficient (Wildman–Crippen LogP) is -0.0838. The van der Waals surface area contributed by atoms with Crippen LogP contribution < -0.4 is 4.18 Å². The number of piperazine rings is 1. The number of amides is 1. The predicted molar refractivity (Wildman–Crippen MR) is 76.0 cm³/mol. The van der Waals surface area contributed by atoms with Crippen LogP contribution in [0.2, 0.25) is 0 Å². The number of aliphatic hydroxyl groups is 1. The summed E-state index contributed by atoms with van der Waals surface area (Å²) in [6, 6.07) is 5.95. The molecule has 1 saturated heterocycles. The number of nitrogens with zero attached hydrogens (tertiary/aromatic N) is 2. The number of carbonyl (C=O) groups is 1. The van der Waals surface area contributed by atoms with Gasteiger partial charge in [0.25, 0.3) is 0 Å². The van der Waals surface area contributed by atoms with Gasteiger partial charge in [0.15, 0.2) is 0 Å². The Balaban J connectivity index is 1.91. The molecule has 1 aliphatic rings. The molecule has 0 bridgehead atoms. The maximum atomic E-state index is 12.4. The molecule has 0 saturated carbocycles. The van der Waals surface area contributed by atoms with E-state index in [2.05, 4.69) is 4.18 Å². The smallest absolute Gasteiger partial charge is 0.395 e. The average Bonchev–Trinajstić information content (AvgIpc) is 2.43. The fourth-order valence-corrected chi connectivity index (χ4v) is 2.61. The first-order valence-corrected chi connectivity index (χ1v) is 8.02. The highest BCUT2D eigenvalue weighted by molar-refractivity contribution is 7.81. The van der Waals surface area contributed by atoms with E-state index in [1.54, 1.807) is 17.0 Å². The second-order valence-corrected chi connectivity index (χ2v) is 5.89. The minimum atomic E-state index is -5.02. The third-order valence-electron chi connectivity index (χ3n) is 3.29. The highest BCUT2D eigenvalue weighted by Gasteiger charge is 2.23. The van der Waals surface area contributed by atoms with Crippen molar-refractivity contribution in [2.75, 3.05) is 32.8 Å². The van der Waals surface area contributed by atoms with Crippen LogP contribution >= 0.6 is 0 Å². The van der Waals surface area contributed by atoms with Crippen LogP contribution in [0.25, 0.3) is 0 Å². The molecule has 7 nitrogen and oxygen atoms in total. The molecule has 9 heteroatoms. The van der Waals surface area contributed by atoms with Crippen molar-refractivity contribution in [1.82, 2.24) is 9.80 Å². The monoisotopic (exact) mass is 332 g/mol. The summed E-state index contributed by atoms with van der Waals surface area (Å²) in [4.78, 5) is 15.4. The van der Waals surface area contributed by atoms with Crippen LogP contribution in [0.15, 0.2) is 24.3 Å². The Morgan fingerprint density at radius 2 is 1.91 bits per heavy atom. The minimum absolute atomic E-state index is 0.0382. The van der Waals surface area contributed by atoms with Gasteiger partial charge in [0, 0.05) is 26.2 Å². The zero-order valence-corrected chi connectivity index (χ0v) is 12.6. The third kappa shape index (κ3) is 4.93. The number of benzene rings is 1. The lowest BCUT2D eigenvalue weighted by molar-refractivity contribution is -0.136.